The van der Waals surface area contributed by atoms with Crippen molar-refractivity contribution >= 4 is 22.7 Å². The third-order valence-electron chi connectivity index (χ3n) is 4.85. The number of fused-ring (bicyclic) bond motifs is 1. The lowest BCUT2D eigenvalue weighted by molar-refractivity contribution is 0.0358. The van der Waals surface area contributed by atoms with E-state index < -0.39 is 0 Å². The zero-order valence-corrected chi connectivity index (χ0v) is 16.4. The van der Waals surface area contributed by atoms with Crippen molar-refractivity contribution < 1.29 is 9.47 Å². The Morgan fingerprint density at radius 3 is 2.82 bits per heavy atom. The summed E-state index contributed by atoms with van der Waals surface area (Å²) < 4.78 is 11.4. The molecule has 0 unspecified atom stereocenters. The number of morpholine rings is 1. The minimum atomic E-state index is 0.665. The molecule has 1 aliphatic heterocycles. The number of nitrogens with zero attached hydrogens (tertiary/aromatic N) is 4. The van der Waals surface area contributed by atoms with Gasteiger partial charge < -0.3 is 19.8 Å². The molecule has 0 saturated carbocycles. The molecule has 1 saturated heterocycles. The number of aryl methyl sites for hydroxylation is 2. The van der Waals surface area contributed by atoms with Crippen LogP contribution in [0.4, 0.5) is 11.8 Å². The minimum Gasteiger partial charge on any atom is -0.493 e. The van der Waals surface area contributed by atoms with Crippen molar-refractivity contribution in [3.05, 3.63) is 35.9 Å². The Morgan fingerprint density at radius 2 is 2.04 bits per heavy atom. The van der Waals surface area contributed by atoms with Crippen molar-refractivity contribution in [1.29, 1.82) is 0 Å². The van der Waals surface area contributed by atoms with Crippen LogP contribution in [0.25, 0.3) is 10.9 Å². The van der Waals surface area contributed by atoms with E-state index in [-0.39, 0.29) is 0 Å². The van der Waals surface area contributed by atoms with Gasteiger partial charge in [-0.1, -0.05) is 0 Å². The van der Waals surface area contributed by atoms with Gasteiger partial charge in [0, 0.05) is 43.0 Å². The fourth-order valence-electron chi connectivity index (χ4n) is 3.33. The average molecular weight is 382 g/mol. The van der Waals surface area contributed by atoms with Crippen molar-refractivity contribution in [3.8, 4) is 5.75 Å². The highest BCUT2D eigenvalue weighted by Crippen LogP contribution is 2.29. The number of aromatic nitrogens is 4. The molecule has 0 spiro atoms. The van der Waals surface area contributed by atoms with Gasteiger partial charge in [0.25, 0.3) is 0 Å². The number of imidazole rings is 1. The summed E-state index contributed by atoms with van der Waals surface area (Å²) in [4.78, 5) is 18.6. The van der Waals surface area contributed by atoms with E-state index >= 15 is 0 Å². The maximum Gasteiger partial charge on any atom is 0.206 e. The summed E-state index contributed by atoms with van der Waals surface area (Å²) in [5.41, 5.74) is 2.90. The molecule has 0 atom stereocenters. The van der Waals surface area contributed by atoms with E-state index in [0.29, 0.717) is 12.6 Å². The van der Waals surface area contributed by atoms with Crippen LogP contribution in [-0.4, -0.2) is 64.3 Å². The molecule has 148 valence electrons. The Labute approximate surface area is 164 Å². The number of benzene rings is 1. The molecule has 1 aromatic carbocycles. The first-order valence-corrected chi connectivity index (χ1v) is 9.66. The van der Waals surface area contributed by atoms with Gasteiger partial charge in [0.15, 0.2) is 0 Å². The SMILES string of the molecule is Cc1cnc(Nc2ncnc3cc(OCCCN4CCOCC4)c(C)cc23)[nH]1. The maximum absolute atomic E-state index is 6.04. The van der Waals surface area contributed by atoms with Crippen molar-refractivity contribution in [1.82, 2.24) is 24.8 Å². The average Bonchev–Trinajstić information content (AvgIpc) is 3.11. The second-order valence-corrected chi connectivity index (χ2v) is 7.05. The summed E-state index contributed by atoms with van der Waals surface area (Å²) in [5.74, 6) is 2.26. The number of hydrogen-bond donors (Lipinski definition) is 2. The molecule has 0 amide bonds. The Bertz CT molecular complexity index is 936. The molecule has 4 rings (SSSR count). The van der Waals surface area contributed by atoms with Gasteiger partial charge in [0.05, 0.1) is 25.3 Å². The smallest absolute Gasteiger partial charge is 0.206 e. The van der Waals surface area contributed by atoms with Gasteiger partial charge in [-0.05, 0) is 31.9 Å². The van der Waals surface area contributed by atoms with Crippen molar-refractivity contribution in [2.45, 2.75) is 20.3 Å². The van der Waals surface area contributed by atoms with E-state index in [4.69, 9.17) is 9.47 Å². The minimum absolute atomic E-state index is 0.665. The predicted octanol–water partition coefficient (Wildman–Crippen LogP) is 2.81. The lowest BCUT2D eigenvalue weighted by atomic mass is 10.1. The Balaban J connectivity index is 1.42. The van der Waals surface area contributed by atoms with Crippen LogP contribution in [0.3, 0.4) is 0 Å². The molecule has 28 heavy (non-hydrogen) atoms. The van der Waals surface area contributed by atoms with Crippen LogP contribution in [-0.2, 0) is 4.74 Å². The van der Waals surface area contributed by atoms with Crippen LogP contribution in [0.2, 0.25) is 0 Å². The second kappa shape index (κ2) is 8.53. The molecule has 0 bridgehead atoms. The number of nitrogens with one attached hydrogen (secondary N) is 2. The Hall–Kier alpha value is -2.71. The number of ether oxygens (including phenoxy) is 2. The molecular weight excluding hydrogens is 356 g/mol. The number of aromatic amines is 1. The summed E-state index contributed by atoms with van der Waals surface area (Å²) in [5, 5.41) is 4.17. The van der Waals surface area contributed by atoms with Crippen molar-refractivity contribution in [2.24, 2.45) is 0 Å². The van der Waals surface area contributed by atoms with E-state index in [1.54, 1.807) is 12.5 Å². The molecule has 0 aliphatic carbocycles. The fraction of sp³-hybridized carbons (Fsp3) is 0.450. The molecule has 8 nitrogen and oxygen atoms in total. The van der Waals surface area contributed by atoms with Crippen LogP contribution >= 0.6 is 0 Å². The molecule has 2 aromatic heterocycles. The third kappa shape index (κ3) is 4.40. The largest absolute Gasteiger partial charge is 0.493 e. The first-order valence-electron chi connectivity index (χ1n) is 9.66. The molecule has 0 radical (unpaired) electrons. The number of H-pyrrole nitrogens is 1. The topological polar surface area (TPSA) is 88.2 Å². The number of hydrogen-bond acceptors (Lipinski definition) is 7. The van der Waals surface area contributed by atoms with E-state index in [1.807, 2.05) is 19.9 Å². The van der Waals surface area contributed by atoms with Gasteiger partial charge in [0.2, 0.25) is 5.95 Å². The predicted molar refractivity (Wildman–Crippen MR) is 108 cm³/mol. The zero-order valence-electron chi connectivity index (χ0n) is 16.4. The van der Waals surface area contributed by atoms with Crippen LogP contribution in [0.1, 0.15) is 17.7 Å². The first kappa shape index (κ1) is 18.6. The second-order valence-electron chi connectivity index (χ2n) is 7.05. The van der Waals surface area contributed by atoms with Crippen LogP contribution in [0, 0.1) is 13.8 Å². The summed E-state index contributed by atoms with van der Waals surface area (Å²) >= 11 is 0. The number of rotatable bonds is 7. The summed E-state index contributed by atoms with van der Waals surface area (Å²) in [6.07, 6.45) is 4.32. The van der Waals surface area contributed by atoms with E-state index in [0.717, 1.165) is 73.0 Å². The summed E-state index contributed by atoms with van der Waals surface area (Å²) in [6.45, 7) is 9.42. The number of anilines is 2. The zero-order chi connectivity index (χ0) is 19.3. The first-order chi connectivity index (χ1) is 13.7. The van der Waals surface area contributed by atoms with Crippen LogP contribution in [0.15, 0.2) is 24.7 Å². The molecule has 1 fully saturated rings. The normalized spacial score (nSPS) is 15.1. The highest BCUT2D eigenvalue weighted by molar-refractivity contribution is 5.91. The van der Waals surface area contributed by atoms with Crippen LogP contribution in [0.5, 0.6) is 5.75 Å². The summed E-state index contributed by atoms with van der Waals surface area (Å²) in [6, 6.07) is 4.05. The van der Waals surface area contributed by atoms with Gasteiger partial charge in [-0.25, -0.2) is 15.0 Å². The standard InChI is InChI=1S/C20H26N6O2/c1-14-10-16-17(22-13-23-19(16)25-20-21-12-15(2)24-20)11-18(14)28-7-3-4-26-5-8-27-9-6-26/h10-13H,3-9H2,1-2H3,(H2,21,22,23,24,25). The van der Waals surface area contributed by atoms with Crippen molar-refractivity contribution in [2.75, 3.05) is 44.8 Å². The third-order valence-corrected chi connectivity index (χ3v) is 4.85. The van der Waals surface area contributed by atoms with E-state index in [2.05, 4.69) is 36.2 Å². The Kier molecular flexibility index (Phi) is 5.68. The molecule has 8 heteroatoms. The Morgan fingerprint density at radius 1 is 1.18 bits per heavy atom. The van der Waals surface area contributed by atoms with Gasteiger partial charge in [-0.2, -0.15) is 0 Å². The van der Waals surface area contributed by atoms with Gasteiger partial charge in [-0.15, -0.1) is 0 Å². The highest BCUT2D eigenvalue weighted by Gasteiger charge is 2.12. The lowest BCUT2D eigenvalue weighted by Crippen LogP contribution is -2.37. The maximum atomic E-state index is 6.04. The molecule has 2 N–H and O–H groups in total. The van der Waals surface area contributed by atoms with Crippen molar-refractivity contribution in [3.63, 3.8) is 0 Å². The highest BCUT2D eigenvalue weighted by atomic mass is 16.5. The monoisotopic (exact) mass is 382 g/mol. The lowest BCUT2D eigenvalue weighted by Gasteiger charge is -2.26. The van der Waals surface area contributed by atoms with E-state index in [1.165, 1.54) is 0 Å². The van der Waals surface area contributed by atoms with Gasteiger partial charge in [0.1, 0.15) is 17.9 Å². The fourth-order valence-corrected chi connectivity index (χ4v) is 3.33. The molecular formula is C20H26N6O2. The van der Waals surface area contributed by atoms with Crippen LogP contribution < -0.4 is 10.1 Å². The van der Waals surface area contributed by atoms with E-state index in [9.17, 15) is 0 Å². The van der Waals surface area contributed by atoms with Gasteiger partial charge in [-0.3, -0.25) is 4.90 Å². The molecule has 3 aromatic rings. The molecule has 1 aliphatic rings. The summed E-state index contributed by atoms with van der Waals surface area (Å²) in [7, 11) is 0. The molecule has 3 heterocycles. The van der Waals surface area contributed by atoms with Gasteiger partial charge >= 0.3 is 0 Å². The quantitative estimate of drug-likeness (QED) is 0.608.